The molecular formula is C21H27NO4S2. The van der Waals surface area contributed by atoms with Crippen LogP contribution in [-0.2, 0) is 16.4 Å². The molecule has 0 bridgehead atoms. The summed E-state index contributed by atoms with van der Waals surface area (Å²) in [5, 5.41) is 9.39. The van der Waals surface area contributed by atoms with Crippen LogP contribution in [0.15, 0.2) is 46.2 Å². The van der Waals surface area contributed by atoms with Crippen LogP contribution in [0.2, 0.25) is 0 Å². The maximum Gasteiger partial charge on any atom is 0.336 e. The number of sulfonamides is 1. The van der Waals surface area contributed by atoms with Crippen LogP contribution in [0.4, 0.5) is 0 Å². The standard InChI is InChI=1S/C21H27NO4S2/c1-6-22(27-18-9-7-17(8-10-18)11-14(2)3)28(25,26)19-12-15(4)16(5)20(13-19)21(23)24/h7-10,12-14H,6,11H2,1-5H3,(H,23,24). The van der Waals surface area contributed by atoms with Crippen LogP contribution in [0.1, 0.15) is 47.8 Å². The lowest BCUT2D eigenvalue weighted by atomic mass is 10.0. The van der Waals surface area contributed by atoms with Crippen molar-refractivity contribution in [2.45, 2.75) is 50.8 Å². The lowest BCUT2D eigenvalue weighted by Crippen LogP contribution is -2.25. The minimum Gasteiger partial charge on any atom is -0.478 e. The maximum atomic E-state index is 13.1. The summed E-state index contributed by atoms with van der Waals surface area (Å²) in [7, 11) is -3.84. The fraction of sp³-hybridized carbons (Fsp3) is 0.381. The van der Waals surface area contributed by atoms with Gasteiger partial charge in [0.15, 0.2) is 0 Å². The van der Waals surface area contributed by atoms with Crippen LogP contribution < -0.4 is 0 Å². The van der Waals surface area contributed by atoms with Gasteiger partial charge in [0.2, 0.25) is 0 Å². The normalized spacial score (nSPS) is 12.0. The first-order valence-electron chi connectivity index (χ1n) is 9.20. The van der Waals surface area contributed by atoms with Crippen molar-refractivity contribution >= 4 is 27.9 Å². The van der Waals surface area contributed by atoms with Gasteiger partial charge in [-0.3, -0.25) is 0 Å². The van der Waals surface area contributed by atoms with Crippen LogP contribution in [0.25, 0.3) is 0 Å². The summed E-state index contributed by atoms with van der Waals surface area (Å²) in [6.45, 7) is 9.73. The Hall–Kier alpha value is -1.83. The van der Waals surface area contributed by atoms with Gasteiger partial charge < -0.3 is 5.11 Å². The molecule has 2 rings (SSSR count). The first-order valence-corrected chi connectivity index (χ1v) is 11.4. The van der Waals surface area contributed by atoms with Crippen molar-refractivity contribution in [1.82, 2.24) is 3.71 Å². The van der Waals surface area contributed by atoms with E-state index in [2.05, 4.69) is 13.8 Å². The van der Waals surface area contributed by atoms with Crippen LogP contribution in [0, 0.1) is 19.8 Å². The fourth-order valence-corrected chi connectivity index (χ4v) is 5.57. The Morgan fingerprint density at radius 1 is 1.14 bits per heavy atom. The van der Waals surface area contributed by atoms with E-state index >= 15 is 0 Å². The number of carbonyl (C=O) groups is 1. The van der Waals surface area contributed by atoms with E-state index < -0.39 is 16.0 Å². The minimum atomic E-state index is -3.84. The molecule has 2 aromatic rings. The molecule has 0 radical (unpaired) electrons. The van der Waals surface area contributed by atoms with Gasteiger partial charge in [0.05, 0.1) is 10.5 Å². The summed E-state index contributed by atoms with van der Waals surface area (Å²) in [5.74, 6) is -0.576. The van der Waals surface area contributed by atoms with Gasteiger partial charge in [-0.1, -0.05) is 32.9 Å². The predicted octanol–water partition coefficient (Wildman–Crippen LogP) is 4.92. The molecule has 5 nitrogen and oxygen atoms in total. The van der Waals surface area contributed by atoms with E-state index in [1.165, 1.54) is 21.4 Å². The molecular weight excluding hydrogens is 394 g/mol. The highest BCUT2D eigenvalue weighted by Crippen LogP contribution is 2.31. The highest BCUT2D eigenvalue weighted by Gasteiger charge is 2.26. The molecule has 0 aliphatic rings. The van der Waals surface area contributed by atoms with Crippen LogP contribution >= 0.6 is 11.9 Å². The average molecular weight is 422 g/mol. The number of nitrogens with zero attached hydrogens (tertiary/aromatic N) is 1. The van der Waals surface area contributed by atoms with Crippen LogP contribution in [-0.4, -0.2) is 29.7 Å². The third-order valence-electron chi connectivity index (χ3n) is 4.47. The van der Waals surface area contributed by atoms with Crippen molar-refractivity contribution in [1.29, 1.82) is 0 Å². The molecule has 0 aromatic heterocycles. The molecule has 0 atom stereocenters. The number of hydrogen-bond donors (Lipinski definition) is 1. The summed E-state index contributed by atoms with van der Waals surface area (Å²) in [6.07, 6.45) is 0.974. The smallest absolute Gasteiger partial charge is 0.336 e. The van der Waals surface area contributed by atoms with Crippen LogP contribution in [0.5, 0.6) is 0 Å². The Kier molecular flexibility index (Phi) is 7.31. The summed E-state index contributed by atoms with van der Waals surface area (Å²) >= 11 is 1.14. The highest BCUT2D eigenvalue weighted by atomic mass is 32.3. The first-order chi connectivity index (χ1) is 13.1. The lowest BCUT2D eigenvalue weighted by molar-refractivity contribution is 0.0695. The van der Waals surface area contributed by atoms with Crippen molar-refractivity contribution in [3.8, 4) is 0 Å². The monoisotopic (exact) mass is 421 g/mol. The summed E-state index contributed by atoms with van der Waals surface area (Å²) in [5.41, 5.74) is 2.43. The average Bonchev–Trinajstić information content (AvgIpc) is 2.62. The van der Waals surface area contributed by atoms with E-state index in [9.17, 15) is 18.3 Å². The van der Waals surface area contributed by atoms with Crippen molar-refractivity contribution in [2.24, 2.45) is 5.92 Å². The molecule has 0 aliphatic heterocycles. The van der Waals surface area contributed by atoms with E-state index in [0.717, 1.165) is 23.3 Å². The Balaban J connectivity index is 2.34. The van der Waals surface area contributed by atoms with E-state index in [4.69, 9.17) is 0 Å². The van der Waals surface area contributed by atoms with E-state index in [0.29, 0.717) is 17.0 Å². The van der Waals surface area contributed by atoms with Gasteiger partial charge in [-0.2, -0.15) is 0 Å². The number of carboxylic acids is 1. The molecule has 1 N–H and O–H groups in total. The predicted molar refractivity (Wildman–Crippen MR) is 113 cm³/mol. The van der Waals surface area contributed by atoms with Crippen molar-refractivity contribution < 1.29 is 18.3 Å². The maximum absolute atomic E-state index is 13.1. The van der Waals surface area contributed by atoms with Crippen molar-refractivity contribution in [3.63, 3.8) is 0 Å². The third-order valence-corrected chi connectivity index (χ3v) is 7.85. The zero-order valence-corrected chi connectivity index (χ0v) is 18.5. The number of rotatable bonds is 8. The fourth-order valence-electron chi connectivity index (χ4n) is 2.87. The van der Waals surface area contributed by atoms with E-state index in [-0.39, 0.29) is 17.0 Å². The SMILES string of the molecule is CCN(Sc1ccc(CC(C)C)cc1)S(=O)(=O)c1cc(C)c(C)c(C(=O)O)c1. The number of hydrogen-bond acceptors (Lipinski definition) is 4. The first kappa shape index (κ1) is 22.5. The zero-order chi connectivity index (χ0) is 21.1. The Morgan fingerprint density at radius 2 is 1.75 bits per heavy atom. The largest absolute Gasteiger partial charge is 0.478 e. The van der Waals surface area contributed by atoms with Gasteiger partial charge in [-0.15, -0.1) is 3.71 Å². The number of carboxylic acid groups (broad SMARTS) is 1. The Labute approximate surface area is 172 Å². The molecule has 0 aliphatic carbocycles. The van der Waals surface area contributed by atoms with Gasteiger partial charge in [-0.25, -0.2) is 13.2 Å². The van der Waals surface area contributed by atoms with Gasteiger partial charge in [0.1, 0.15) is 0 Å². The molecule has 0 saturated heterocycles. The number of benzene rings is 2. The minimum absolute atomic E-state index is 0.00113. The van der Waals surface area contributed by atoms with Gasteiger partial charge in [0.25, 0.3) is 10.0 Å². The quantitative estimate of drug-likeness (QED) is 0.613. The van der Waals surface area contributed by atoms with Crippen molar-refractivity contribution in [3.05, 3.63) is 58.7 Å². The van der Waals surface area contributed by atoms with E-state index in [1.54, 1.807) is 20.8 Å². The molecule has 0 spiro atoms. The van der Waals surface area contributed by atoms with Gasteiger partial charge in [-0.05, 0) is 79.1 Å². The molecule has 0 unspecified atom stereocenters. The number of aromatic carboxylic acids is 1. The summed E-state index contributed by atoms with van der Waals surface area (Å²) in [4.78, 5) is 12.3. The topological polar surface area (TPSA) is 74.7 Å². The van der Waals surface area contributed by atoms with E-state index in [1.807, 2.05) is 24.3 Å². The van der Waals surface area contributed by atoms with Crippen LogP contribution in [0.3, 0.4) is 0 Å². The summed E-state index contributed by atoms with van der Waals surface area (Å²) in [6, 6.07) is 10.6. The van der Waals surface area contributed by atoms with Gasteiger partial charge >= 0.3 is 5.97 Å². The molecule has 2 aromatic carbocycles. The second-order valence-corrected chi connectivity index (χ2v) is 10.4. The van der Waals surface area contributed by atoms with Gasteiger partial charge in [0, 0.05) is 11.4 Å². The molecule has 0 fully saturated rings. The second-order valence-electron chi connectivity index (χ2n) is 7.18. The molecule has 0 saturated carbocycles. The molecule has 0 amide bonds. The molecule has 152 valence electrons. The molecule has 7 heteroatoms. The second kappa shape index (κ2) is 9.11. The molecule has 0 heterocycles. The number of aryl methyl sites for hydroxylation is 1. The Bertz CT molecular complexity index is 951. The highest BCUT2D eigenvalue weighted by molar-refractivity contribution is 8.08. The zero-order valence-electron chi connectivity index (χ0n) is 16.9. The Morgan fingerprint density at radius 3 is 2.25 bits per heavy atom. The lowest BCUT2D eigenvalue weighted by Gasteiger charge is -2.20. The molecule has 28 heavy (non-hydrogen) atoms. The van der Waals surface area contributed by atoms with Crippen molar-refractivity contribution in [2.75, 3.05) is 6.54 Å². The third kappa shape index (κ3) is 5.16. The summed E-state index contributed by atoms with van der Waals surface area (Å²) < 4.78 is 27.6.